The zero-order chi connectivity index (χ0) is 23.8. The standard InChI is InChI=1S/C20H25F3N6O3/c1-19(2,3)16(18(32)28-9-11(30)8-14(28)17(31)24-4)29-10-13(26-27-29)12-6-5-7-15(25-12)20(21,22)23/h5-7,10-11,14,16,30H,8-9H2,1-4H3,(H,24,31)/t11?,14-,16?/m1/s1. The molecule has 2 aromatic rings. The molecule has 1 fully saturated rings. The third kappa shape index (κ3) is 4.74. The summed E-state index contributed by atoms with van der Waals surface area (Å²) in [6.07, 6.45) is -3.99. The normalized spacial score (nSPS) is 20.3. The van der Waals surface area contributed by atoms with Crippen LogP contribution in [0.5, 0.6) is 0 Å². The Morgan fingerprint density at radius 1 is 1.22 bits per heavy atom. The number of aromatic nitrogens is 4. The fraction of sp³-hybridized carbons (Fsp3) is 0.550. The van der Waals surface area contributed by atoms with Crippen LogP contribution in [0.25, 0.3) is 11.4 Å². The lowest BCUT2D eigenvalue weighted by Crippen LogP contribution is -2.49. The molecule has 32 heavy (non-hydrogen) atoms. The monoisotopic (exact) mass is 454 g/mol. The first-order valence-corrected chi connectivity index (χ1v) is 9.99. The highest BCUT2D eigenvalue weighted by molar-refractivity contribution is 5.90. The number of carbonyl (C=O) groups is 2. The van der Waals surface area contributed by atoms with Crippen LogP contribution in [0, 0.1) is 5.41 Å². The number of halogens is 3. The SMILES string of the molecule is CNC(=O)[C@H]1CC(O)CN1C(=O)C(n1cc(-c2cccc(C(F)(F)F)n2)nn1)C(C)(C)C. The molecule has 2 amide bonds. The summed E-state index contributed by atoms with van der Waals surface area (Å²) >= 11 is 0. The van der Waals surface area contributed by atoms with Crippen LogP contribution in [0.15, 0.2) is 24.4 Å². The lowest BCUT2D eigenvalue weighted by molar-refractivity contribution is -0.144. The van der Waals surface area contributed by atoms with Gasteiger partial charge in [0.05, 0.1) is 18.0 Å². The van der Waals surface area contributed by atoms with E-state index in [1.165, 1.54) is 35.0 Å². The molecule has 174 valence electrons. The van der Waals surface area contributed by atoms with Gasteiger partial charge in [-0.3, -0.25) is 9.59 Å². The summed E-state index contributed by atoms with van der Waals surface area (Å²) in [5.74, 6) is -0.842. The fourth-order valence-electron chi connectivity index (χ4n) is 3.77. The van der Waals surface area contributed by atoms with Gasteiger partial charge in [0.15, 0.2) is 0 Å². The van der Waals surface area contributed by atoms with Crippen LogP contribution in [0.4, 0.5) is 13.2 Å². The maximum absolute atomic E-state index is 13.5. The number of hydrogen-bond acceptors (Lipinski definition) is 6. The molecule has 0 radical (unpaired) electrons. The molecule has 9 nitrogen and oxygen atoms in total. The number of pyridine rings is 1. The first kappa shape index (κ1) is 23.6. The number of likely N-dealkylation sites (tertiary alicyclic amines) is 1. The molecule has 0 saturated carbocycles. The lowest BCUT2D eigenvalue weighted by Gasteiger charge is -2.34. The van der Waals surface area contributed by atoms with Crippen LogP contribution in [0.3, 0.4) is 0 Å². The summed E-state index contributed by atoms with van der Waals surface area (Å²) in [6, 6.07) is 1.69. The highest BCUT2D eigenvalue weighted by Gasteiger charge is 2.45. The summed E-state index contributed by atoms with van der Waals surface area (Å²) in [5, 5.41) is 20.5. The molecule has 3 heterocycles. The number of amides is 2. The minimum atomic E-state index is -4.61. The smallest absolute Gasteiger partial charge is 0.391 e. The summed E-state index contributed by atoms with van der Waals surface area (Å²) < 4.78 is 40.3. The molecule has 0 aromatic carbocycles. The Morgan fingerprint density at radius 2 is 1.91 bits per heavy atom. The molecule has 0 bridgehead atoms. The van der Waals surface area contributed by atoms with Crippen molar-refractivity contribution in [3.8, 4) is 11.4 Å². The number of aliphatic hydroxyl groups is 1. The van der Waals surface area contributed by atoms with E-state index < -0.39 is 47.3 Å². The number of nitrogens with zero attached hydrogens (tertiary/aromatic N) is 5. The van der Waals surface area contributed by atoms with Gasteiger partial charge in [0.1, 0.15) is 23.5 Å². The van der Waals surface area contributed by atoms with Gasteiger partial charge in [0, 0.05) is 20.0 Å². The van der Waals surface area contributed by atoms with Crippen LogP contribution < -0.4 is 5.32 Å². The van der Waals surface area contributed by atoms with Gasteiger partial charge in [0.2, 0.25) is 11.8 Å². The fourth-order valence-corrected chi connectivity index (χ4v) is 3.77. The second kappa shape index (κ2) is 8.49. The van der Waals surface area contributed by atoms with E-state index >= 15 is 0 Å². The molecule has 2 unspecified atom stereocenters. The maximum atomic E-state index is 13.5. The molecule has 3 atom stereocenters. The second-order valence-corrected chi connectivity index (χ2v) is 8.77. The molecule has 2 aromatic heterocycles. The van der Waals surface area contributed by atoms with Gasteiger partial charge in [-0.2, -0.15) is 13.2 Å². The highest BCUT2D eigenvalue weighted by Crippen LogP contribution is 2.35. The number of rotatable bonds is 4. The van der Waals surface area contributed by atoms with Crippen molar-refractivity contribution < 1.29 is 27.9 Å². The number of likely N-dealkylation sites (N-methyl/N-ethyl adjacent to an activating group) is 1. The molecule has 0 spiro atoms. The van der Waals surface area contributed by atoms with Crippen molar-refractivity contribution >= 4 is 11.8 Å². The van der Waals surface area contributed by atoms with Gasteiger partial charge in [-0.1, -0.05) is 32.1 Å². The zero-order valence-corrected chi connectivity index (χ0v) is 18.1. The van der Waals surface area contributed by atoms with Crippen molar-refractivity contribution in [3.63, 3.8) is 0 Å². The largest absolute Gasteiger partial charge is 0.433 e. The number of alkyl halides is 3. The average molecular weight is 454 g/mol. The van der Waals surface area contributed by atoms with Crippen molar-refractivity contribution in [3.05, 3.63) is 30.1 Å². The number of carbonyl (C=O) groups excluding carboxylic acids is 2. The number of hydrogen-bond donors (Lipinski definition) is 2. The van der Waals surface area contributed by atoms with Crippen molar-refractivity contribution in [2.24, 2.45) is 5.41 Å². The predicted molar refractivity (Wildman–Crippen MR) is 107 cm³/mol. The van der Waals surface area contributed by atoms with Crippen LogP contribution in [0.1, 0.15) is 38.9 Å². The molecule has 1 aliphatic rings. The summed E-state index contributed by atoms with van der Waals surface area (Å²) in [5.41, 5.74) is -1.72. The topological polar surface area (TPSA) is 113 Å². The molecular weight excluding hydrogens is 429 g/mol. The van der Waals surface area contributed by atoms with Gasteiger partial charge < -0.3 is 15.3 Å². The van der Waals surface area contributed by atoms with Crippen molar-refractivity contribution in [1.82, 2.24) is 30.2 Å². The van der Waals surface area contributed by atoms with E-state index in [4.69, 9.17) is 0 Å². The van der Waals surface area contributed by atoms with E-state index in [0.717, 1.165) is 6.07 Å². The van der Waals surface area contributed by atoms with Crippen LogP contribution in [-0.4, -0.2) is 67.5 Å². The van der Waals surface area contributed by atoms with Crippen LogP contribution in [-0.2, 0) is 15.8 Å². The Bertz CT molecular complexity index is 1000. The van der Waals surface area contributed by atoms with Crippen molar-refractivity contribution in [2.75, 3.05) is 13.6 Å². The number of aliphatic hydroxyl groups excluding tert-OH is 1. The maximum Gasteiger partial charge on any atom is 0.433 e. The molecular formula is C20H25F3N6O3. The number of β-amino-alcohol motifs (C(OH)–C–C–N with tert-alkyl or cyclic N) is 1. The quantitative estimate of drug-likeness (QED) is 0.727. The molecule has 1 saturated heterocycles. The molecule has 2 N–H and O–H groups in total. The Morgan fingerprint density at radius 3 is 2.50 bits per heavy atom. The van der Waals surface area contributed by atoms with E-state index in [9.17, 15) is 27.9 Å². The zero-order valence-electron chi connectivity index (χ0n) is 18.1. The first-order chi connectivity index (χ1) is 14.8. The second-order valence-electron chi connectivity index (χ2n) is 8.77. The van der Waals surface area contributed by atoms with Gasteiger partial charge in [0.25, 0.3) is 0 Å². The minimum Gasteiger partial charge on any atom is -0.391 e. The molecule has 1 aliphatic heterocycles. The van der Waals surface area contributed by atoms with Crippen molar-refractivity contribution in [2.45, 2.75) is 51.6 Å². The van der Waals surface area contributed by atoms with Gasteiger partial charge >= 0.3 is 6.18 Å². The Hall–Kier alpha value is -3.02. The van der Waals surface area contributed by atoms with E-state index in [2.05, 4.69) is 20.6 Å². The van der Waals surface area contributed by atoms with Gasteiger partial charge in [-0.25, -0.2) is 9.67 Å². The van der Waals surface area contributed by atoms with E-state index in [1.54, 1.807) is 20.8 Å². The first-order valence-electron chi connectivity index (χ1n) is 9.99. The Labute approximate surface area is 182 Å². The minimum absolute atomic E-state index is 0.0137. The molecule has 0 aliphatic carbocycles. The summed E-state index contributed by atoms with van der Waals surface area (Å²) in [4.78, 5) is 30.6. The van der Waals surface area contributed by atoms with E-state index in [0.29, 0.717) is 0 Å². The average Bonchev–Trinajstić information content (AvgIpc) is 3.33. The third-order valence-electron chi connectivity index (χ3n) is 5.24. The summed E-state index contributed by atoms with van der Waals surface area (Å²) in [6.45, 7) is 5.36. The molecule has 3 rings (SSSR count). The third-order valence-corrected chi connectivity index (χ3v) is 5.24. The molecule has 12 heteroatoms. The number of nitrogens with one attached hydrogen (secondary N) is 1. The lowest BCUT2D eigenvalue weighted by atomic mass is 9.85. The predicted octanol–water partition coefficient (Wildman–Crippen LogP) is 1.65. The van der Waals surface area contributed by atoms with Crippen LogP contribution >= 0.6 is 0 Å². The van der Waals surface area contributed by atoms with E-state index in [-0.39, 0.29) is 24.4 Å². The van der Waals surface area contributed by atoms with E-state index in [1.807, 2.05) is 0 Å². The Balaban J connectivity index is 1.96. The summed E-state index contributed by atoms with van der Waals surface area (Å²) in [7, 11) is 1.45. The Kier molecular flexibility index (Phi) is 6.27. The van der Waals surface area contributed by atoms with Gasteiger partial charge in [-0.05, 0) is 17.5 Å². The van der Waals surface area contributed by atoms with Gasteiger partial charge in [-0.15, -0.1) is 5.10 Å². The van der Waals surface area contributed by atoms with Crippen LogP contribution in [0.2, 0.25) is 0 Å². The highest BCUT2D eigenvalue weighted by atomic mass is 19.4. The van der Waals surface area contributed by atoms with Crippen molar-refractivity contribution in [1.29, 1.82) is 0 Å².